The van der Waals surface area contributed by atoms with Gasteiger partial charge in [-0.3, -0.25) is 24.1 Å². The molecule has 178 valence electrons. The summed E-state index contributed by atoms with van der Waals surface area (Å²) in [6, 6.07) is 4.93. The molecule has 34 heavy (non-hydrogen) atoms. The van der Waals surface area contributed by atoms with Gasteiger partial charge in [-0.1, -0.05) is 24.0 Å². The summed E-state index contributed by atoms with van der Waals surface area (Å²) >= 11 is 7.60. The molecule has 0 unspecified atom stereocenters. The molecule has 2 aromatic rings. The van der Waals surface area contributed by atoms with Crippen LogP contribution < -0.4 is 10.6 Å². The lowest BCUT2D eigenvalue weighted by Gasteiger charge is -2.14. The first-order chi connectivity index (χ1) is 16.1. The number of halogens is 2. The van der Waals surface area contributed by atoms with E-state index in [1.165, 1.54) is 28.4 Å². The highest BCUT2D eigenvalue weighted by atomic mass is 32.2. The standard InChI is InChI=1S/C21H17F2N3O5S3/c22-13-3-11(4-14(23)6-13)12-5-15(33-10-12)7-16-20(31)26(21(32)34-16)2-1-17(27)24-8-18(28)25-9-19(29)30/h3-7,10H,1-2,8-9H2,(H,24,27)(H,25,28)(H,29,30). The Hall–Kier alpha value is -3.16. The normalized spacial score (nSPS) is 14.5. The lowest BCUT2D eigenvalue weighted by atomic mass is 10.1. The Bertz CT molecular complexity index is 1180. The summed E-state index contributed by atoms with van der Waals surface area (Å²) in [6.45, 7) is -0.939. The van der Waals surface area contributed by atoms with E-state index in [-0.39, 0.29) is 29.7 Å². The van der Waals surface area contributed by atoms with Crippen molar-refractivity contribution >= 4 is 69.4 Å². The van der Waals surface area contributed by atoms with E-state index >= 15 is 0 Å². The maximum atomic E-state index is 13.5. The number of amides is 3. The van der Waals surface area contributed by atoms with Crippen molar-refractivity contribution in [1.29, 1.82) is 0 Å². The summed E-state index contributed by atoms with van der Waals surface area (Å²) in [5.41, 5.74) is 0.984. The third-order valence-electron chi connectivity index (χ3n) is 4.41. The predicted octanol–water partition coefficient (Wildman–Crippen LogP) is 2.60. The van der Waals surface area contributed by atoms with Crippen molar-refractivity contribution in [3.63, 3.8) is 0 Å². The molecule has 3 rings (SSSR count). The minimum atomic E-state index is -1.20. The predicted molar refractivity (Wildman–Crippen MR) is 128 cm³/mol. The van der Waals surface area contributed by atoms with Gasteiger partial charge in [0.15, 0.2) is 0 Å². The lowest BCUT2D eigenvalue weighted by Crippen LogP contribution is -2.40. The number of aliphatic carboxylic acids is 1. The van der Waals surface area contributed by atoms with Gasteiger partial charge in [0.25, 0.3) is 5.91 Å². The molecule has 2 heterocycles. The van der Waals surface area contributed by atoms with Crippen molar-refractivity contribution in [3.8, 4) is 11.1 Å². The van der Waals surface area contributed by atoms with Gasteiger partial charge in [0.2, 0.25) is 11.8 Å². The molecule has 0 bridgehead atoms. The molecule has 0 spiro atoms. The second-order valence-corrected chi connectivity index (χ2v) is 9.54. The highest BCUT2D eigenvalue weighted by molar-refractivity contribution is 8.26. The van der Waals surface area contributed by atoms with Gasteiger partial charge in [-0.25, -0.2) is 8.78 Å². The number of thiocarbonyl (C=S) groups is 1. The van der Waals surface area contributed by atoms with Crippen LogP contribution in [0, 0.1) is 11.6 Å². The van der Waals surface area contributed by atoms with Gasteiger partial charge in [0, 0.05) is 23.9 Å². The van der Waals surface area contributed by atoms with Crippen molar-refractivity contribution in [2.24, 2.45) is 0 Å². The zero-order valence-electron chi connectivity index (χ0n) is 17.3. The number of nitrogens with zero attached hydrogens (tertiary/aromatic N) is 1. The van der Waals surface area contributed by atoms with E-state index in [9.17, 15) is 28.0 Å². The maximum Gasteiger partial charge on any atom is 0.322 e. The number of carbonyl (C=O) groups is 4. The van der Waals surface area contributed by atoms with E-state index < -0.39 is 36.0 Å². The topological polar surface area (TPSA) is 116 Å². The van der Waals surface area contributed by atoms with Crippen LogP contribution in [0.4, 0.5) is 8.78 Å². The fraction of sp³-hybridized carbons (Fsp3) is 0.190. The third kappa shape index (κ3) is 6.92. The second-order valence-electron chi connectivity index (χ2n) is 6.93. The molecule has 1 fully saturated rings. The molecule has 0 saturated carbocycles. The minimum Gasteiger partial charge on any atom is -0.480 e. The number of rotatable bonds is 9. The first-order valence-electron chi connectivity index (χ1n) is 9.68. The van der Waals surface area contributed by atoms with Crippen LogP contribution in [0.5, 0.6) is 0 Å². The summed E-state index contributed by atoms with van der Waals surface area (Å²) in [5, 5.41) is 14.7. The Kier molecular flexibility index (Phi) is 8.47. The number of carboxylic acid groups (broad SMARTS) is 1. The molecule has 1 saturated heterocycles. The van der Waals surface area contributed by atoms with Crippen LogP contribution in [0.15, 0.2) is 34.6 Å². The van der Waals surface area contributed by atoms with Crippen molar-refractivity contribution in [3.05, 3.63) is 51.1 Å². The molecular formula is C21H17F2N3O5S3. The van der Waals surface area contributed by atoms with Crippen LogP contribution in [0.2, 0.25) is 0 Å². The fourth-order valence-electron chi connectivity index (χ4n) is 2.84. The highest BCUT2D eigenvalue weighted by Crippen LogP contribution is 2.35. The van der Waals surface area contributed by atoms with E-state index in [1.54, 1.807) is 17.5 Å². The Labute approximate surface area is 206 Å². The Morgan fingerprint density at radius 1 is 1.03 bits per heavy atom. The Morgan fingerprint density at radius 3 is 2.38 bits per heavy atom. The number of thioether (sulfide) groups is 1. The van der Waals surface area contributed by atoms with E-state index in [0.717, 1.165) is 17.8 Å². The van der Waals surface area contributed by atoms with Crippen molar-refractivity contribution in [2.45, 2.75) is 6.42 Å². The minimum absolute atomic E-state index is 0.00282. The summed E-state index contributed by atoms with van der Waals surface area (Å²) in [4.78, 5) is 48.8. The highest BCUT2D eigenvalue weighted by Gasteiger charge is 2.32. The van der Waals surface area contributed by atoms with Crippen LogP contribution in [0.3, 0.4) is 0 Å². The van der Waals surface area contributed by atoms with E-state index in [1.807, 2.05) is 0 Å². The maximum absolute atomic E-state index is 13.5. The van der Waals surface area contributed by atoms with Crippen molar-refractivity contribution < 1.29 is 33.1 Å². The van der Waals surface area contributed by atoms with Crippen LogP contribution in [0.25, 0.3) is 17.2 Å². The summed E-state index contributed by atoms with van der Waals surface area (Å²) in [5.74, 6) is -4.12. The van der Waals surface area contributed by atoms with Crippen molar-refractivity contribution in [1.82, 2.24) is 15.5 Å². The van der Waals surface area contributed by atoms with Crippen molar-refractivity contribution in [2.75, 3.05) is 19.6 Å². The lowest BCUT2D eigenvalue weighted by molar-refractivity contribution is -0.137. The third-order valence-corrected chi connectivity index (χ3v) is 6.67. The average molecular weight is 526 g/mol. The molecule has 1 aliphatic heterocycles. The smallest absolute Gasteiger partial charge is 0.322 e. The van der Waals surface area contributed by atoms with E-state index in [2.05, 4.69) is 10.6 Å². The zero-order valence-corrected chi connectivity index (χ0v) is 19.8. The molecule has 1 aromatic heterocycles. The average Bonchev–Trinajstić information content (AvgIpc) is 3.33. The largest absolute Gasteiger partial charge is 0.480 e. The number of carbonyl (C=O) groups excluding carboxylic acids is 3. The molecule has 3 N–H and O–H groups in total. The summed E-state index contributed by atoms with van der Waals surface area (Å²) < 4.78 is 27.2. The number of hydrogen-bond donors (Lipinski definition) is 3. The quantitative estimate of drug-likeness (QED) is 0.341. The van der Waals surface area contributed by atoms with Crippen LogP contribution in [-0.4, -0.2) is 57.7 Å². The van der Waals surface area contributed by atoms with Crippen LogP contribution >= 0.6 is 35.3 Å². The molecule has 3 amide bonds. The van der Waals surface area contributed by atoms with Gasteiger partial charge < -0.3 is 15.7 Å². The SMILES string of the molecule is O=C(O)CNC(=O)CNC(=O)CCN1C(=O)C(=Cc2cc(-c3cc(F)cc(F)c3)cs2)SC1=S. The first-order valence-corrected chi connectivity index (χ1v) is 11.8. The van der Waals surface area contributed by atoms with Gasteiger partial charge in [0.1, 0.15) is 22.5 Å². The summed E-state index contributed by atoms with van der Waals surface area (Å²) in [7, 11) is 0. The number of nitrogens with one attached hydrogen (secondary N) is 2. The van der Waals surface area contributed by atoms with E-state index in [0.29, 0.717) is 20.9 Å². The molecule has 0 aliphatic carbocycles. The number of carboxylic acids is 1. The Morgan fingerprint density at radius 2 is 1.71 bits per heavy atom. The zero-order chi connectivity index (χ0) is 24.8. The van der Waals surface area contributed by atoms with Gasteiger partial charge >= 0.3 is 5.97 Å². The number of hydrogen-bond acceptors (Lipinski definition) is 7. The molecule has 0 radical (unpaired) electrons. The molecule has 13 heteroatoms. The summed E-state index contributed by atoms with van der Waals surface area (Å²) in [6.07, 6.45) is 1.51. The molecular weight excluding hydrogens is 508 g/mol. The second kappa shape index (κ2) is 11.3. The molecule has 0 atom stereocenters. The van der Waals surface area contributed by atoms with Gasteiger partial charge in [-0.05, 0) is 40.8 Å². The monoisotopic (exact) mass is 525 g/mol. The van der Waals surface area contributed by atoms with Gasteiger partial charge in [-0.15, -0.1) is 11.3 Å². The number of thiophene rings is 1. The molecule has 1 aliphatic rings. The van der Waals surface area contributed by atoms with E-state index in [4.69, 9.17) is 17.3 Å². The fourth-order valence-corrected chi connectivity index (χ4v) is 5.06. The van der Waals surface area contributed by atoms with Crippen LogP contribution in [-0.2, 0) is 19.2 Å². The first kappa shape index (κ1) is 25.5. The molecule has 1 aromatic carbocycles. The van der Waals surface area contributed by atoms with Gasteiger partial charge in [-0.2, -0.15) is 0 Å². The van der Waals surface area contributed by atoms with Crippen LogP contribution in [0.1, 0.15) is 11.3 Å². The molecule has 8 nitrogen and oxygen atoms in total. The number of benzene rings is 1. The van der Waals surface area contributed by atoms with Gasteiger partial charge in [0.05, 0.1) is 11.4 Å². The Balaban J connectivity index is 1.56.